The molecule has 0 aliphatic carbocycles. The molecule has 7 nitrogen and oxygen atoms in total. The molecule has 3 N–H and O–H groups in total. The van der Waals surface area contributed by atoms with E-state index in [0.717, 1.165) is 0 Å². The van der Waals surface area contributed by atoms with Crippen LogP contribution in [-0.4, -0.2) is 29.9 Å². The lowest BCUT2D eigenvalue weighted by molar-refractivity contribution is 0.580. The van der Waals surface area contributed by atoms with Crippen LogP contribution in [0, 0.1) is 0 Å². The van der Waals surface area contributed by atoms with Crippen LogP contribution in [0.1, 0.15) is 12.5 Å². The van der Waals surface area contributed by atoms with Crippen molar-refractivity contribution in [3.63, 3.8) is 0 Å². The van der Waals surface area contributed by atoms with Gasteiger partial charge in [0, 0.05) is 13.1 Å². The molecule has 1 aliphatic heterocycles. The highest BCUT2D eigenvalue weighted by atomic mass is 32.2. The Hall–Kier alpha value is -1.16. The maximum Gasteiger partial charge on any atom is 0.301 e. The lowest BCUT2D eigenvalue weighted by Gasteiger charge is -2.19. The van der Waals surface area contributed by atoms with Crippen LogP contribution < -0.4 is 14.2 Å². The van der Waals surface area contributed by atoms with E-state index in [2.05, 4.69) is 4.72 Å². The molecule has 0 spiro atoms. The standard InChI is InChI=1S/C10H15N3O4S2/c1-2-12-19(16,17)13-6-5-8-7-9(18(11,14)15)3-4-10(8)13/h3-4,7,12H,2,5-6H2,1H3,(H2,11,14,15). The average Bonchev–Trinajstić information content (AvgIpc) is 2.70. The summed E-state index contributed by atoms with van der Waals surface area (Å²) in [6, 6.07) is 4.21. The van der Waals surface area contributed by atoms with Crippen molar-refractivity contribution in [2.45, 2.75) is 18.2 Å². The van der Waals surface area contributed by atoms with Crippen LogP contribution in [0.3, 0.4) is 0 Å². The molecule has 0 radical (unpaired) electrons. The van der Waals surface area contributed by atoms with E-state index in [1.54, 1.807) is 6.92 Å². The van der Waals surface area contributed by atoms with Gasteiger partial charge in [-0.05, 0) is 30.2 Å². The third-order valence-corrected chi connectivity index (χ3v) is 5.37. The van der Waals surface area contributed by atoms with Crippen LogP contribution in [0.2, 0.25) is 0 Å². The van der Waals surface area contributed by atoms with Crippen LogP contribution >= 0.6 is 0 Å². The maximum atomic E-state index is 11.9. The van der Waals surface area contributed by atoms with Crippen molar-refractivity contribution >= 4 is 25.9 Å². The monoisotopic (exact) mass is 305 g/mol. The van der Waals surface area contributed by atoms with Crippen molar-refractivity contribution in [3.05, 3.63) is 23.8 Å². The number of anilines is 1. The maximum absolute atomic E-state index is 11.9. The number of nitrogens with zero attached hydrogens (tertiary/aromatic N) is 1. The predicted molar refractivity (Wildman–Crippen MR) is 71.5 cm³/mol. The van der Waals surface area contributed by atoms with Crippen molar-refractivity contribution < 1.29 is 16.8 Å². The molecule has 0 unspecified atom stereocenters. The normalized spacial score (nSPS) is 15.6. The van der Waals surface area contributed by atoms with Gasteiger partial charge in [-0.25, -0.2) is 13.6 Å². The summed E-state index contributed by atoms with van der Waals surface area (Å²) in [5, 5.41) is 5.05. The smallest absolute Gasteiger partial charge is 0.257 e. The van der Waals surface area contributed by atoms with Crippen molar-refractivity contribution in [1.82, 2.24) is 4.72 Å². The lowest BCUT2D eigenvalue weighted by Crippen LogP contribution is -2.39. The number of sulfonamides is 1. The Labute approximate surface area is 112 Å². The molecule has 2 rings (SSSR count). The number of rotatable bonds is 4. The molecular weight excluding hydrogens is 290 g/mol. The van der Waals surface area contributed by atoms with Gasteiger partial charge in [0.15, 0.2) is 0 Å². The number of primary sulfonamides is 1. The number of benzene rings is 1. The molecule has 0 amide bonds. The minimum absolute atomic E-state index is 0.00560. The number of nitrogens with two attached hydrogens (primary N) is 1. The summed E-state index contributed by atoms with van der Waals surface area (Å²) in [7, 11) is -7.34. The fourth-order valence-corrected chi connectivity index (χ4v) is 3.89. The summed E-state index contributed by atoms with van der Waals surface area (Å²) in [6.07, 6.45) is 0.462. The highest BCUT2D eigenvalue weighted by Crippen LogP contribution is 2.31. The van der Waals surface area contributed by atoms with E-state index in [1.807, 2.05) is 0 Å². The zero-order valence-electron chi connectivity index (χ0n) is 10.3. The first kappa shape index (κ1) is 14.3. The van der Waals surface area contributed by atoms with Crippen LogP contribution in [0.4, 0.5) is 5.69 Å². The Kier molecular flexibility index (Phi) is 3.56. The second-order valence-electron chi connectivity index (χ2n) is 4.16. The molecule has 0 atom stereocenters. The minimum Gasteiger partial charge on any atom is -0.257 e. The Balaban J connectivity index is 2.43. The molecular formula is C10H15N3O4S2. The second kappa shape index (κ2) is 4.75. The average molecular weight is 305 g/mol. The summed E-state index contributed by atoms with van der Waals surface area (Å²) in [4.78, 5) is -0.00560. The Morgan fingerprint density at radius 3 is 2.58 bits per heavy atom. The largest absolute Gasteiger partial charge is 0.301 e. The van der Waals surface area contributed by atoms with Gasteiger partial charge in [-0.2, -0.15) is 13.1 Å². The molecule has 106 valence electrons. The molecule has 0 aromatic heterocycles. The Morgan fingerprint density at radius 2 is 2.00 bits per heavy atom. The van der Waals surface area contributed by atoms with Gasteiger partial charge in [0.05, 0.1) is 10.6 Å². The number of fused-ring (bicyclic) bond motifs is 1. The van der Waals surface area contributed by atoms with Crippen molar-refractivity contribution in [2.75, 3.05) is 17.4 Å². The first-order valence-electron chi connectivity index (χ1n) is 5.69. The van der Waals surface area contributed by atoms with Gasteiger partial charge < -0.3 is 0 Å². The highest BCUT2D eigenvalue weighted by Gasteiger charge is 2.29. The quantitative estimate of drug-likeness (QED) is 0.785. The van der Waals surface area contributed by atoms with E-state index >= 15 is 0 Å². The zero-order valence-corrected chi connectivity index (χ0v) is 12.0. The van der Waals surface area contributed by atoms with Gasteiger partial charge in [-0.3, -0.25) is 4.31 Å². The Bertz CT molecular complexity index is 697. The van der Waals surface area contributed by atoms with Crippen LogP contribution in [0.25, 0.3) is 0 Å². The molecule has 1 aliphatic rings. The molecule has 0 bridgehead atoms. The summed E-state index contributed by atoms with van der Waals surface area (Å²) in [5.41, 5.74) is 1.15. The highest BCUT2D eigenvalue weighted by molar-refractivity contribution is 7.91. The summed E-state index contributed by atoms with van der Waals surface area (Å²) < 4.78 is 50.0. The van der Waals surface area contributed by atoms with Gasteiger partial charge in [0.1, 0.15) is 0 Å². The fraction of sp³-hybridized carbons (Fsp3) is 0.400. The van der Waals surface area contributed by atoms with Crippen LogP contribution in [0.5, 0.6) is 0 Å². The molecule has 19 heavy (non-hydrogen) atoms. The van der Waals surface area contributed by atoms with E-state index in [4.69, 9.17) is 5.14 Å². The van der Waals surface area contributed by atoms with Gasteiger partial charge in [-0.1, -0.05) is 6.92 Å². The molecule has 0 fully saturated rings. The first-order valence-corrected chi connectivity index (χ1v) is 8.67. The van der Waals surface area contributed by atoms with Crippen molar-refractivity contribution in [3.8, 4) is 0 Å². The van der Waals surface area contributed by atoms with Gasteiger partial charge >= 0.3 is 10.2 Å². The number of nitrogens with one attached hydrogen (secondary N) is 1. The van der Waals surface area contributed by atoms with Gasteiger partial charge in [0.25, 0.3) is 0 Å². The SMILES string of the molecule is CCNS(=O)(=O)N1CCc2cc(S(N)(=O)=O)ccc21. The molecule has 9 heteroatoms. The van der Waals surface area contributed by atoms with Gasteiger partial charge in [0.2, 0.25) is 10.0 Å². The molecule has 1 heterocycles. The summed E-state index contributed by atoms with van der Waals surface area (Å²) in [5.74, 6) is 0. The third kappa shape index (κ3) is 2.73. The fourth-order valence-electron chi connectivity index (χ4n) is 2.03. The molecule has 1 aromatic rings. The second-order valence-corrected chi connectivity index (χ2v) is 7.40. The molecule has 1 aromatic carbocycles. The molecule has 0 saturated carbocycles. The van der Waals surface area contributed by atoms with E-state index in [9.17, 15) is 16.8 Å². The van der Waals surface area contributed by atoms with E-state index in [1.165, 1.54) is 22.5 Å². The van der Waals surface area contributed by atoms with Crippen LogP contribution in [-0.2, 0) is 26.7 Å². The summed E-state index contributed by atoms with van der Waals surface area (Å²) in [6.45, 7) is 2.28. The zero-order chi connectivity index (χ0) is 14.3. The number of hydrogen-bond donors (Lipinski definition) is 2. The van der Waals surface area contributed by atoms with Crippen LogP contribution in [0.15, 0.2) is 23.1 Å². The van der Waals surface area contributed by atoms with Gasteiger partial charge in [-0.15, -0.1) is 0 Å². The van der Waals surface area contributed by atoms with Crippen molar-refractivity contribution in [2.24, 2.45) is 5.14 Å². The van der Waals surface area contributed by atoms with E-state index in [-0.39, 0.29) is 4.90 Å². The third-order valence-electron chi connectivity index (χ3n) is 2.85. The van der Waals surface area contributed by atoms with E-state index in [0.29, 0.717) is 30.8 Å². The van der Waals surface area contributed by atoms with Crippen molar-refractivity contribution in [1.29, 1.82) is 0 Å². The minimum atomic E-state index is -3.77. The lowest BCUT2D eigenvalue weighted by atomic mass is 10.2. The Morgan fingerprint density at radius 1 is 1.32 bits per heavy atom. The number of hydrogen-bond acceptors (Lipinski definition) is 4. The first-order chi connectivity index (χ1) is 8.75. The molecule has 0 saturated heterocycles. The summed E-state index contributed by atoms with van der Waals surface area (Å²) >= 11 is 0. The van der Waals surface area contributed by atoms with E-state index < -0.39 is 20.2 Å². The predicted octanol–water partition coefficient (Wildman–Crippen LogP) is -0.449. The topological polar surface area (TPSA) is 110 Å².